The van der Waals surface area contributed by atoms with Gasteiger partial charge in [0.15, 0.2) is 17.3 Å². The summed E-state index contributed by atoms with van der Waals surface area (Å²) in [7, 11) is 0. The maximum absolute atomic E-state index is 12.5. The van der Waals surface area contributed by atoms with Crippen molar-refractivity contribution >= 4 is 11.0 Å². The van der Waals surface area contributed by atoms with E-state index in [0.717, 1.165) is 24.3 Å². The maximum Gasteiger partial charge on any atom is 0.238 e. The first kappa shape index (κ1) is 22.5. The number of benzene rings is 2. The van der Waals surface area contributed by atoms with Gasteiger partial charge >= 0.3 is 0 Å². The fraction of sp³-hybridized carbons (Fsp3) is 0.286. The van der Waals surface area contributed by atoms with E-state index in [0.29, 0.717) is 0 Å². The summed E-state index contributed by atoms with van der Waals surface area (Å²) in [6.45, 7) is 1.42. The average Bonchev–Trinajstić information content (AvgIpc) is 2.74. The highest BCUT2D eigenvalue weighted by Gasteiger charge is 2.43. The van der Waals surface area contributed by atoms with E-state index >= 15 is 0 Å². The highest BCUT2D eigenvalue weighted by molar-refractivity contribution is 5.88. The number of hydrogen-bond donors (Lipinski definition) is 8. The van der Waals surface area contributed by atoms with Gasteiger partial charge in [0.25, 0.3) is 0 Å². The second-order valence-electron chi connectivity index (χ2n) is 7.59. The smallest absolute Gasteiger partial charge is 0.238 e. The number of phenols is 4. The van der Waals surface area contributed by atoms with E-state index in [1.165, 1.54) is 6.92 Å². The molecule has 1 aromatic heterocycles. The molecule has 0 saturated carbocycles. The molecule has 2 heterocycles. The fourth-order valence-corrected chi connectivity index (χ4v) is 3.55. The Balaban J connectivity index is 1.75. The first-order chi connectivity index (χ1) is 15.5. The standard InChI is InChI=1S/C21H20O12/c1-6-14(26)16(28)18(30)21(31-6)33-20-10(24)2-7(3-11(20)25)19-17(29)15(27)13-9(23)4-8(22)5-12(13)32-19/h2-6,14,16,18,21-26,28-30H,1H3. The molecule has 0 amide bonds. The summed E-state index contributed by atoms with van der Waals surface area (Å²) in [5.74, 6) is -4.45. The van der Waals surface area contributed by atoms with Gasteiger partial charge in [0.1, 0.15) is 40.8 Å². The summed E-state index contributed by atoms with van der Waals surface area (Å²) < 4.78 is 16.0. The Morgan fingerprint density at radius 1 is 0.848 bits per heavy atom. The molecule has 3 aromatic rings. The number of aliphatic hydroxyl groups is 3. The first-order valence-corrected chi connectivity index (χ1v) is 9.64. The lowest BCUT2D eigenvalue weighted by atomic mass is 10.00. The summed E-state index contributed by atoms with van der Waals surface area (Å²) in [6, 6.07) is 3.84. The molecule has 0 aliphatic carbocycles. The normalized spacial score (nSPS) is 25.3. The van der Waals surface area contributed by atoms with Crippen LogP contribution in [0.4, 0.5) is 0 Å². The Labute approximate surface area is 184 Å². The lowest BCUT2D eigenvalue weighted by molar-refractivity contribution is -0.268. The summed E-state index contributed by atoms with van der Waals surface area (Å²) in [5.41, 5.74) is -1.47. The number of aliphatic hydroxyl groups excluding tert-OH is 3. The van der Waals surface area contributed by atoms with E-state index in [-0.39, 0.29) is 16.5 Å². The van der Waals surface area contributed by atoms with E-state index in [1.54, 1.807) is 0 Å². The van der Waals surface area contributed by atoms with Crippen LogP contribution in [0.3, 0.4) is 0 Å². The van der Waals surface area contributed by atoms with E-state index in [9.17, 15) is 45.6 Å². The van der Waals surface area contributed by atoms with Crippen LogP contribution in [0.2, 0.25) is 0 Å². The van der Waals surface area contributed by atoms with Crippen molar-refractivity contribution in [3.8, 4) is 45.8 Å². The number of phenolic OH excluding ortho intramolecular Hbond substituents is 4. The molecule has 0 spiro atoms. The lowest BCUT2D eigenvalue weighted by Crippen LogP contribution is -2.58. The molecule has 12 heteroatoms. The molecule has 5 unspecified atom stereocenters. The van der Waals surface area contributed by atoms with Gasteiger partial charge in [-0.1, -0.05) is 0 Å². The highest BCUT2D eigenvalue weighted by Crippen LogP contribution is 2.44. The Kier molecular flexibility index (Phi) is 5.46. The third kappa shape index (κ3) is 3.74. The van der Waals surface area contributed by atoms with Crippen LogP contribution in [0.1, 0.15) is 6.92 Å². The number of fused-ring (bicyclic) bond motifs is 1. The molecule has 2 aromatic carbocycles. The van der Waals surface area contributed by atoms with Gasteiger partial charge < -0.3 is 54.7 Å². The summed E-state index contributed by atoms with van der Waals surface area (Å²) in [6.07, 6.45) is -7.20. The Hall–Kier alpha value is -3.71. The van der Waals surface area contributed by atoms with Crippen LogP contribution in [0.5, 0.6) is 34.5 Å². The molecule has 1 fully saturated rings. The molecule has 176 valence electrons. The van der Waals surface area contributed by atoms with Crippen molar-refractivity contribution in [2.24, 2.45) is 0 Å². The molecule has 1 saturated heterocycles. The van der Waals surface area contributed by atoms with Crippen LogP contribution in [0.15, 0.2) is 33.5 Å². The summed E-state index contributed by atoms with van der Waals surface area (Å²) in [5, 5.41) is 79.9. The Morgan fingerprint density at radius 3 is 2.12 bits per heavy atom. The average molecular weight is 464 g/mol. The molecule has 33 heavy (non-hydrogen) atoms. The van der Waals surface area contributed by atoms with Crippen LogP contribution in [-0.2, 0) is 4.74 Å². The van der Waals surface area contributed by atoms with Crippen LogP contribution in [0.25, 0.3) is 22.3 Å². The lowest BCUT2D eigenvalue weighted by Gasteiger charge is -2.38. The number of aromatic hydroxyl groups is 5. The van der Waals surface area contributed by atoms with E-state index in [1.807, 2.05) is 0 Å². The molecule has 5 atom stereocenters. The van der Waals surface area contributed by atoms with Crippen LogP contribution < -0.4 is 10.2 Å². The molecular formula is C21H20O12. The van der Waals surface area contributed by atoms with Gasteiger partial charge in [-0.05, 0) is 19.1 Å². The summed E-state index contributed by atoms with van der Waals surface area (Å²) in [4.78, 5) is 12.5. The fourth-order valence-electron chi connectivity index (χ4n) is 3.55. The van der Waals surface area contributed by atoms with Crippen molar-refractivity contribution in [3.63, 3.8) is 0 Å². The largest absolute Gasteiger partial charge is 0.508 e. The molecule has 1 aliphatic rings. The summed E-state index contributed by atoms with van der Waals surface area (Å²) >= 11 is 0. The van der Waals surface area contributed by atoms with Crippen molar-refractivity contribution in [2.75, 3.05) is 0 Å². The molecule has 8 N–H and O–H groups in total. The van der Waals surface area contributed by atoms with Gasteiger partial charge in [-0.15, -0.1) is 0 Å². The molecule has 12 nitrogen and oxygen atoms in total. The quantitative estimate of drug-likeness (QED) is 0.261. The monoisotopic (exact) mass is 464 g/mol. The zero-order valence-corrected chi connectivity index (χ0v) is 16.9. The number of rotatable bonds is 3. The minimum Gasteiger partial charge on any atom is -0.508 e. The van der Waals surface area contributed by atoms with Crippen LogP contribution >= 0.6 is 0 Å². The zero-order valence-electron chi connectivity index (χ0n) is 16.9. The Bertz CT molecular complexity index is 1260. The minimum atomic E-state index is -1.71. The van der Waals surface area contributed by atoms with Gasteiger partial charge in [0.05, 0.1) is 6.10 Å². The van der Waals surface area contributed by atoms with Gasteiger partial charge in [-0.3, -0.25) is 4.79 Å². The number of hydrogen-bond acceptors (Lipinski definition) is 12. The molecule has 4 rings (SSSR count). The van der Waals surface area contributed by atoms with E-state index in [4.69, 9.17) is 13.9 Å². The van der Waals surface area contributed by atoms with Gasteiger partial charge in [0.2, 0.25) is 23.2 Å². The van der Waals surface area contributed by atoms with Crippen molar-refractivity contribution < 1.29 is 54.7 Å². The third-order valence-electron chi connectivity index (χ3n) is 5.29. The topological polar surface area (TPSA) is 211 Å². The molecule has 1 aliphatic heterocycles. The van der Waals surface area contributed by atoms with Crippen molar-refractivity contribution in [1.29, 1.82) is 0 Å². The highest BCUT2D eigenvalue weighted by atomic mass is 16.7. The predicted molar refractivity (Wildman–Crippen MR) is 109 cm³/mol. The van der Waals surface area contributed by atoms with Crippen molar-refractivity contribution in [1.82, 2.24) is 0 Å². The van der Waals surface area contributed by atoms with Gasteiger partial charge in [-0.25, -0.2) is 0 Å². The van der Waals surface area contributed by atoms with Gasteiger partial charge in [-0.2, -0.15) is 0 Å². The molecule has 0 bridgehead atoms. The second kappa shape index (κ2) is 8.01. The van der Waals surface area contributed by atoms with Gasteiger partial charge in [0, 0.05) is 17.7 Å². The zero-order chi connectivity index (χ0) is 24.2. The SMILES string of the molecule is CC1OC(Oc2c(O)cc(-c3oc4cc(O)cc(O)c4c(=O)c3O)cc2O)C(O)C(O)C1O. The minimum absolute atomic E-state index is 0.175. The second-order valence-corrected chi connectivity index (χ2v) is 7.59. The first-order valence-electron chi connectivity index (χ1n) is 9.64. The van der Waals surface area contributed by atoms with E-state index in [2.05, 4.69) is 0 Å². The van der Waals surface area contributed by atoms with Crippen molar-refractivity contribution in [2.45, 2.75) is 37.6 Å². The molecular weight excluding hydrogens is 444 g/mol. The van der Waals surface area contributed by atoms with E-state index < -0.39 is 76.4 Å². The maximum atomic E-state index is 12.5. The third-order valence-corrected chi connectivity index (χ3v) is 5.29. The predicted octanol–water partition coefficient (Wildman–Crippen LogP) is 0.194. The van der Waals surface area contributed by atoms with Crippen LogP contribution in [0, 0.1) is 0 Å². The Morgan fingerprint density at radius 2 is 1.48 bits per heavy atom. The van der Waals surface area contributed by atoms with Crippen LogP contribution in [-0.4, -0.2) is 71.6 Å². The van der Waals surface area contributed by atoms with Crippen molar-refractivity contribution in [3.05, 3.63) is 34.5 Å². The number of ether oxygens (including phenoxy) is 2. The molecule has 0 radical (unpaired) electrons.